The lowest BCUT2D eigenvalue weighted by atomic mass is 10.0. The lowest BCUT2D eigenvalue weighted by Gasteiger charge is -2.25. The van der Waals surface area contributed by atoms with E-state index in [0.29, 0.717) is 50.2 Å². The molecule has 1 atom stereocenters. The molecular formula is C28H30ClFN8. The number of nitriles is 1. The topological polar surface area (TPSA) is 91.3 Å². The number of fused-ring (bicyclic) bond motifs is 1. The van der Waals surface area contributed by atoms with Crippen LogP contribution in [0.15, 0.2) is 54.5 Å². The summed E-state index contributed by atoms with van der Waals surface area (Å²) in [6.07, 6.45) is 10.1. The van der Waals surface area contributed by atoms with Crippen molar-refractivity contribution in [3.63, 3.8) is 0 Å². The molecule has 2 aromatic carbocycles. The molecule has 1 aliphatic carbocycles. The molecule has 0 spiro atoms. The molecule has 2 fully saturated rings. The van der Waals surface area contributed by atoms with Crippen LogP contribution in [0.3, 0.4) is 0 Å². The summed E-state index contributed by atoms with van der Waals surface area (Å²) in [6.45, 7) is 1.76. The molecule has 4 N–H and O–H groups in total. The van der Waals surface area contributed by atoms with E-state index in [1.807, 2.05) is 17.3 Å². The van der Waals surface area contributed by atoms with Gasteiger partial charge in [0.15, 0.2) is 0 Å². The molecule has 0 unspecified atom stereocenters. The molecule has 3 aromatic rings. The van der Waals surface area contributed by atoms with E-state index in [-0.39, 0.29) is 5.82 Å². The average molecular weight is 534 g/mol. The van der Waals surface area contributed by atoms with E-state index in [0.717, 1.165) is 38.8 Å². The highest BCUT2D eigenvalue weighted by Crippen LogP contribution is 2.37. The summed E-state index contributed by atoms with van der Waals surface area (Å²) < 4.78 is 23.4. The highest BCUT2D eigenvalue weighted by molar-refractivity contribution is 6.35. The van der Waals surface area contributed by atoms with Crippen molar-refractivity contribution in [2.45, 2.75) is 50.6 Å². The second-order valence-corrected chi connectivity index (χ2v) is 10.4. The molecule has 3 heterocycles. The van der Waals surface area contributed by atoms with Gasteiger partial charge in [-0.3, -0.25) is 9.99 Å². The summed E-state index contributed by atoms with van der Waals surface area (Å²) >= 11 is 6.74. The van der Waals surface area contributed by atoms with Gasteiger partial charge in [0.1, 0.15) is 11.9 Å². The van der Waals surface area contributed by atoms with Crippen LogP contribution in [0.2, 0.25) is 5.02 Å². The first-order chi connectivity index (χ1) is 18.9. The molecule has 196 valence electrons. The molecule has 0 bridgehead atoms. The minimum absolute atomic E-state index is 0.375. The zero-order valence-electron chi connectivity index (χ0n) is 21.9. The van der Waals surface area contributed by atoms with Crippen LogP contribution in [0.1, 0.15) is 57.0 Å². The Balaban J connectivity index is 1.42. The van der Waals surface area contributed by atoms with Crippen molar-refractivity contribution in [2.24, 2.45) is 0 Å². The van der Waals surface area contributed by atoms with Crippen LogP contribution in [-0.4, -0.2) is 34.1 Å². The van der Waals surface area contributed by atoms with Gasteiger partial charge in [-0.25, -0.2) is 9.40 Å². The van der Waals surface area contributed by atoms with Gasteiger partial charge in [-0.05, 0) is 55.5 Å². The Morgan fingerprint density at radius 1 is 1.16 bits per heavy atom. The average Bonchev–Trinajstić information content (AvgIpc) is 3.71. The molecule has 8 nitrogen and oxygen atoms in total. The molecule has 1 saturated heterocycles. The predicted molar refractivity (Wildman–Crippen MR) is 147 cm³/mol. The second-order valence-electron chi connectivity index (χ2n) is 9.95. The maximum Gasteiger partial charge on any atom is 0.123 e. The molecule has 0 radical (unpaired) electrons. The van der Waals surface area contributed by atoms with Gasteiger partial charge >= 0.3 is 0 Å². The van der Waals surface area contributed by atoms with Crippen LogP contribution in [0.5, 0.6) is 0 Å². The predicted octanol–water partition coefficient (Wildman–Crippen LogP) is 5.58. The maximum atomic E-state index is 13.8. The summed E-state index contributed by atoms with van der Waals surface area (Å²) in [5, 5.41) is 18.4. The minimum atomic E-state index is -1.50. The lowest BCUT2D eigenvalue weighted by Crippen LogP contribution is -2.38. The molecule has 3 aliphatic rings. The molecule has 6 rings (SSSR count). The monoisotopic (exact) mass is 533 g/mol. The van der Waals surface area contributed by atoms with Crippen molar-refractivity contribution in [2.75, 3.05) is 23.8 Å². The fourth-order valence-corrected chi connectivity index (χ4v) is 5.21. The summed E-state index contributed by atoms with van der Waals surface area (Å²) in [4.78, 5) is 4.47. The zero-order valence-corrected chi connectivity index (χ0v) is 21.7. The normalized spacial score (nSPS) is 20.1. The number of halogens is 2. The number of hydrogen-bond donors (Lipinski definition) is 4. The minimum Gasteiger partial charge on any atom is -0.373 e. The molecule has 1 aromatic heterocycles. The van der Waals surface area contributed by atoms with E-state index in [1.54, 1.807) is 24.4 Å². The number of rotatable bonds is 7. The van der Waals surface area contributed by atoms with Crippen molar-refractivity contribution in [3.8, 4) is 6.07 Å². The number of benzene rings is 2. The Hall–Kier alpha value is -3.58. The van der Waals surface area contributed by atoms with Gasteiger partial charge < -0.3 is 16.2 Å². The largest absolute Gasteiger partial charge is 0.373 e. The first kappa shape index (κ1) is 23.5. The summed E-state index contributed by atoms with van der Waals surface area (Å²) in [5.41, 5.74) is 13.0. The number of nitrogens with one attached hydrogen (secondary N) is 4. The smallest absolute Gasteiger partial charge is 0.123 e. The van der Waals surface area contributed by atoms with Gasteiger partial charge in [-0.2, -0.15) is 5.26 Å². The van der Waals surface area contributed by atoms with Crippen LogP contribution >= 0.6 is 11.6 Å². The van der Waals surface area contributed by atoms with Crippen molar-refractivity contribution in [1.29, 1.82) is 5.26 Å². The second kappa shape index (κ2) is 10.7. The molecule has 2 aliphatic heterocycles. The van der Waals surface area contributed by atoms with E-state index in [4.69, 9.17) is 11.6 Å². The SMILES string of the molecule is [2H][C@](Nc1cc(Cl)c2ncc(C#N)c(NN3CCCCCC3)c2c1)(C1=CN(C2CC2)NN1)c1ccc(F)cc1. The van der Waals surface area contributed by atoms with Gasteiger partial charge in [-0.1, -0.05) is 36.6 Å². The number of hydrazine groups is 3. The number of anilines is 2. The van der Waals surface area contributed by atoms with Gasteiger partial charge in [0.2, 0.25) is 0 Å². The summed E-state index contributed by atoms with van der Waals surface area (Å²) in [7, 11) is 0. The third-order valence-corrected chi connectivity index (χ3v) is 7.41. The van der Waals surface area contributed by atoms with Crippen LogP contribution in [0, 0.1) is 17.1 Å². The first-order valence-electron chi connectivity index (χ1n) is 13.5. The number of aromatic nitrogens is 1. The van der Waals surface area contributed by atoms with Crippen molar-refractivity contribution in [3.05, 3.63) is 76.5 Å². The summed E-state index contributed by atoms with van der Waals surface area (Å²) in [5.74, 6) is -0.375. The third-order valence-electron chi connectivity index (χ3n) is 7.12. The number of nitrogens with zero attached hydrogens (tertiary/aromatic N) is 4. The van der Waals surface area contributed by atoms with E-state index in [2.05, 4.69) is 37.8 Å². The fourth-order valence-electron chi connectivity index (χ4n) is 4.94. The Morgan fingerprint density at radius 3 is 2.63 bits per heavy atom. The molecule has 38 heavy (non-hydrogen) atoms. The van der Waals surface area contributed by atoms with Crippen LogP contribution in [0.4, 0.5) is 15.8 Å². The van der Waals surface area contributed by atoms with Gasteiger partial charge in [0.25, 0.3) is 0 Å². The van der Waals surface area contributed by atoms with Crippen molar-refractivity contribution < 1.29 is 5.76 Å². The Labute approximate surface area is 227 Å². The highest BCUT2D eigenvalue weighted by Gasteiger charge is 2.32. The first-order valence-corrected chi connectivity index (χ1v) is 13.4. The zero-order chi connectivity index (χ0) is 27.0. The third kappa shape index (κ3) is 5.20. The highest BCUT2D eigenvalue weighted by atomic mass is 35.5. The molecule has 1 saturated carbocycles. The number of hydrogen-bond acceptors (Lipinski definition) is 8. The van der Waals surface area contributed by atoms with Gasteiger partial charge in [0, 0.05) is 42.6 Å². The van der Waals surface area contributed by atoms with Crippen LogP contribution < -0.4 is 21.7 Å². The quantitative estimate of drug-likeness (QED) is 0.313. The molecule has 0 amide bonds. The Morgan fingerprint density at radius 2 is 1.92 bits per heavy atom. The standard InChI is InChI=1S/C28H30ClFN8/c29-24-14-21(13-23-26(19(15-31)16-32-28(23)24)35-37-11-3-1-2-4-12-37)33-27(18-5-7-20(30)8-6-18)25-17-38(36-34-25)22-9-10-22/h5-8,13-14,16-17,22,27,33-34,36H,1-4,9-12H2,(H,32,35)/t27-/m1/s1/i27D. The fraction of sp³-hybridized carbons (Fsp3) is 0.357. The number of pyridine rings is 1. The van der Waals surface area contributed by atoms with E-state index >= 15 is 0 Å². The van der Waals surface area contributed by atoms with E-state index in [1.165, 1.54) is 25.0 Å². The van der Waals surface area contributed by atoms with Gasteiger partial charge in [-0.15, -0.1) is 5.53 Å². The van der Waals surface area contributed by atoms with Crippen LogP contribution in [0.25, 0.3) is 10.9 Å². The molecule has 10 heteroatoms. The molecular weight excluding hydrogens is 503 g/mol. The Bertz CT molecular complexity index is 1450. The van der Waals surface area contributed by atoms with Gasteiger partial charge in [0.05, 0.1) is 34.9 Å². The van der Waals surface area contributed by atoms with E-state index < -0.39 is 6.02 Å². The maximum absolute atomic E-state index is 13.8. The van der Waals surface area contributed by atoms with E-state index in [9.17, 15) is 11.0 Å². The van der Waals surface area contributed by atoms with Crippen LogP contribution in [-0.2, 0) is 0 Å². The lowest BCUT2D eigenvalue weighted by molar-refractivity contribution is 0.260. The van der Waals surface area contributed by atoms with Crippen molar-refractivity contribution in [1.82, 2.24) is 26.0 Å². The Kier molecular flexibility index (Phi) is 6.60. The summed E-state index contributed by atoms with van der Waals surface area (Å²) in [6, 6.07) is 10.6. The van der Waals surface area contributed by atoms with Crippen molar-refractivity contribution >= 4 is 33.9 Å².